The summed E-state index contributed by atoms with van der Waals surface area (Å²) in [6.45, 7) is 4.66. The first kappa shape index (κ1) is 15.3. The van der Waals surface area contributed by atoms with Crippen LogP contribution in [0.15, 0.2) is 41.2 Å². The topological polar surface area (TPSA) is 57.2 Å². The lowest BCUT2D eigenvalue weighted by Crippen LogP contribution is -2.28. The van der Waals surface area contributed by atoms with E-state index in [9.17, 15) is 4.79 Å². The maximum absolute atomic E-state index is 12.3. The first-order valence-electron chi connectivity index (χ1n) is 7.19. The van der Waals surface area contributed by atoms with Crippen LogP contribution in [-0.4, -0.2) is 11.2 Å². The summed E-state index contributed by atoms with van der Waals surface area (Å²) in [5.74, 6) is 0.824. The van der Waals surface area contributed by atoms with E-state index >= 15 is 0 Å². The summed E-state index contributed by atoms with van der Waals surface area (Å²) in [5, 5.41) is 0. The Morgan fingerprint density at radius 3 is 2.48 bits per heavy atom. The first-order valence-corrected chi connectivity index (χ1v) is 7.19. The Kier molecular flexibility index (Phi) is 4.81. The maximum atomic E-state index is 12.3. The number of benzene rings is 1. The van der Waals surface area contributed by atoms with Gasteiger partial charge in [-0.25, -0.2) is 0 Å². The SMILES string of the molecule is CCCOc1ccc(C(N)c2ccc(C)n(C)c2=O)cc1. The van der Waals surface area contributed by atoms with Gasteiger partial charge in [0.2, 0.25) is 0 Å². The summed E-state index contributed by atoms with van der Waals surface area (Å²) in [6.07, 6.45) is 0.973. The fourth-order valence-corrected chi connectivity index (χ4v) is 2.15. The van der Waals surface area contributed by atoms with Gasteiger partial charge in [0.1, 0.15) is 5.75 Å². The molecule has 1 unspecified atom stereocenters. The van der Waals surface area contributed by atoms with Crippen molar-refractivity contribution >= 4 is 0 Å². The van der Waals surface area contributed by atoms with Crippen molar-refractivity contribution in [2.45, 2.75) is 26.3 Å². The second-order valence-electron chi connectivity index (χ2n) is 5.19. The largest absolute Gasteiger partial charge is 0.494 e. The van der Waals surface area contributed by atoms with Gasteiger partial charge in [0.15, 0.2) is 0 Å². The van der Waals surface area contributed by atoms with E-state index in [0.29, 0.717) is 12.2 Å². The fourth-order valence-electron chi connectivity index (χ4n) is 2.15. The highest BCUT2D eigenvalue weighted by Crippen LogP contribution is 2.20. The molecule has 0 fully saturated rings. The molecule has 0 radical (unpaired) electrons. The summed E-state index contributed by atoms with van der Waals surface area (Å²) in [6, 6.07) is 10.9. The third kappa shape index (κ3) is 3.34. The van der Waals surface area contributed by atoms with E-state index in [4.69, 9.17) is 10.5 Å². The molecule has 4 nitrogen and oxygen atoms in total. The van der Waals surface area contributed by atoms with Crippen LogP contribution in [-0.2, 0) is 7.05 Å². The van der Waals surface area contributed by atoms with Crippen LogP contribution in [0.4, 0.5) is 0 Å². The maximum Gasteiger partial charge on any atom is 0.255 e. The van der Waals surface area contributed by atoms with Gasteiger partial charge in [-0.05, 0) is 43.2 Å². The van der Waals surface area contributed by atoms with Gasteiger partial charge in [0.25, 0.3) is 5.56 Å². The molecule has 2 aromatic rings. The molecule has 0 saturated carbocycles. The number of nitrogens with zero attached hydrogens (tertiary/aromatic N) is 1. The highest BCUT2D eigenvalue weighted by atomic mass is 16.5. The van der Waals surface area contributed by atoms with E-state index < -0.39 is 6.04 Å². The van der Waals surface area contributed by atoms with Gasteiger partial charge >= 0.3 is 0 Å². The Balaban J connectivity index is 2.26. The summed E-state index contributed by atoms with van der Waals surface area (Å²) in [7, 11) is 1.76. The van der Waals surface area contributed by atoms with Crippen molar-refractivity contribution in [2.24, 2.45) is 12.8 Å². The van der Waals surface area contributed by atoms with Crippen molar-refractivity contribution in [3.8, 4) is 5.75 Å². The summed E-state index contributed by atoms with van der Waals surface area (Å²) in [4.78, 5) is 12.3. The number of hydrogen-bond acceptors (Lipinski definition) is 3. The van der Waals surface area contributed by atoms with E-state index in [1.807, 2.05) is 43.3 Å². The van der Waals surface area contributed by atoms with E-state index in [-0.39, 0.29) is 5.56 Å². The third-order valence-electron chi connectivity index (χ3n) is 3.63. The van der Waals surface area contributed by atoms with Crippen molar-refractivity contribution in [2.75, 3.05) is 6.61 Å². The highest BCUT2D eigenvalue weighted by molar-refractivity contribution is 5.34. The molecule has 2 N–H and O–H groups in total. The standard InChI is InChI=1S/C17H22N2O2/c1-4-11-21-14-8-6-13(7-9-14)16(18)15-10-5-12(2)19(3)17(15)20/h5-10,16H,4,11,18H2,1-3H3. The second kappa shape index (κ2) is 6.59. The molecule has 1 aromatic heterocycles. The van der Waals surface area contributed by atoms with Gasteiger partial charge < -0.3 is 15.0 Å². The zero-order valence-electron chi connectivity index (χ0n) is 12.8. The van der Waals surface area contributed by atoms with Gasteiger partial charge in [-0.3, -0.25) is 4.79 Å². The van der Waals surface area contributed by atoms with Crippen molar-refractivity contribution < 1.29 is 4.74 Å². The molecule has 112 valence electrons. The Morgan fingerprint density at radius 2 is 1.86 bits per heavy atom. The van der Waals surface area contributed by atoms with Crippen LogP contribution in [0.2, 0.25) is 0 Å². The Morgan fingerprint density at radius 1 is 1.19 bits per heavy atom. The molecule has 21 heavy (non-hydrogen) atoms. The molecule has 0 aliphatic carbocycles. The highest BCUT2D eigenvalue weighted by Gasteiger charge is 2.14. The molecule has 2 rings (SSSR count). The van der Waals surface area contributed by atoms with E-state index in [0.717, 1.165) is 23.4 Å². The Bertz CT molecular complexity index is 659. The van der Waals surface area contributed by atoms with Crippen LogP contribution in [0.3, 0.4) is 0 Å². The number of ether oxygens (including phenoxy) is 1. The lowest BCUT2D eigenvalue weighted by Gasteiger charge is -2.14. The Hall–Kier alpha value is -2.07. The lowest BCUT2D eigenvalue weighted by atomic mass is 10.0. The molecule has 1 heterocycles. The molecule has 4 heteroatoms. The summed E-state index contributed by atoms with van der Waals surface area (Å²) in [5.41, 5.74) is 8.61. The molecule has 0 aliphatic rings. The molecular formula is C17H22N2O2. The average Bonchev–Trinajstić information content (AvgIpc) is 2.51. The van der Waals surface area contributed by atoms with Crippen LogP contribution in [0.1, 0.15) is 36.2 Å². The Labute approximate surface area is 125 Å². The van der Waals surface area contributed by atoms with E-state index in [2.05, 4.69) is 6.92 Å². The molecule has 0 saturated heterocycles. The minimum absolute atomic E-state index is 0.0474. The normalized spacial score (nSPS) is 12.2. The molecule has 0 aliphatic heterocycles. The van der Waals surface area contributed by atoms with Crippen LogP contribution < -0.4 is 16.0 Å². The van der Waals surface area contributed by atoms with Gasteiger partial charge in [-0.2, -0.15) is 0 Å². The van der Waals surface area contributed by atoms with E-state index in [1.165, 1.54) is 0 Å². The third-order valence-corrected chi connectivity index (χ3v) is 3.63. The van der Waals surface area contributed by atoms with Crippen molar-refractivity contribution in [1.82, 2.24) is 4.57 Å². The van der Waals surface area contributed by atoms with Crippen LogP contribution >= 0.6 is 0 Å². The fraction of sp³-hybridized carbons (Fsp3) is 0.353. The average molecular weight is 286 g/mol. The van der Waals surface area contributed by atoms with Gasteiger partial charge in [-0.1, -0.05) is 19.1 Å². The zero-order valence-corrected chi connectivity index (χ0v) is 12.8. The predicted molar refractivity (Wildman–Crippen MR) is 84.7 cm³/mol. The molecular weight excluding hydrogens is 264 g/mol. The molecule has 1 atom stereocenters. The minimum atomic E-state index is -0.426. The summed E-state index contributed by atoms with van der Waals surface area (Å²) < 4.78 is 7.17. The number of aromatic nitrogens is 1. The number of nitrogens with two attached hydrogens (primary N) is 1. The summed E-state index contributed by atoms with van der Waals surface area (Å²) >= 11 is 0. The van der Waals surface area contributed by atoms with Crippen molar-refractivity contribution in [1.29, 1.82) is 0 Å². The van der Waals surface area contributed by atoms with Gasteiger partial charge in [-0.15, -0.1) is 0 Å². The molecule has 1 aromatic carbocycles. The smallest absolute Gasteiger partial charge is 0.255 e. The number of rotatable bonds is 5. The van der Waals surface area contributed by atoms with Crippen molar-refractivity contribution in [3.05, 3.63) is 63.6 Å². The number of hydrogen-bond donors (Lipinski definition) is 1. The van der Waals surface area contributed by atoms with Crippen molar-refractivity contribution in [3.63, 3.8) is 0 Å². The number of pyridine rings is 1. The molecule has 0 spiro atoms. The van der Waals surface area contributed by atoms with Crippen LogP contribution in [0, 0.1) is 6.92 Å². The van der Waals surface area contributed by atoms with Gasteiger partial charge in [0.05, 0.1) is 12.6 Å². The lowest BCUT2D eigenvalue weighted by molar-refractivity contribution is 0.317. The predicted octanol–water partition coefficient (Wildman–Crippen LogP) is 2.53. The van der Waals surface area contributed by atoms with E-state index in [1.54, 1.807) is 11.6 Å². The first-order chi connectivity index (χ1) is 10.0. The molecule has 0 amide bonds. The number of aryl methyl sites for hydroxylation is 1. The monoisotopic (exact) mass is 286 g/mol. The van der Waals surface area contributed by atoms with Crippen LogP contribution in [0.5, 0.6) is 5.75 Å². The minimum Gasteiger partial charge on any atom is -0.494 e. The molecule has 0 bridgehead atoms. The van der Waals surface area contributed by atoms with Gasteiger partial charge in [0, 0.05) is 18.3 Å². The zero-order chi connectivity index (χ0) is 15.4. The second-order valence-corrected chi connectivity index (χ2v) is 5.19. The van der Waals surface area contributed by atoms with Crippen LogP contribution in [0.25, 0.3) is 0 Å². The quantitative estimate of drug-likeness (QED) is 0.919.